The molecule has 2 saturated carbocycles. The average Bonchev–Trinajstić information content (AvgIpc) is 3.64. The van der Waals surface area contributed by atoms with Crippen LogP contribution in [-0.4, -0.2) is 0 Å². The molecule has 1 saturated heterocycles. The first-order valence-electron chi connectivity index (χ1n) is 18.9. The van der Waals surface area contributed by atoms with Crippen molar-refractivity contribution in [3.8, 4) is 22.3 Å². The Labute approximate surface area is 312 Å². The molecule has 0 spiro atoms. The van der Waals surface area contributed by atoms with Crippen LogP contribution in [0.2, 0.25) is 8.35 Å². The average molecular weight is 854 g/mol. The smallest absolute Gasteiger partial charge is 0.147 e. The third kappa shape index (κ3) is 6.23. The monoisotopic (exact) mass is 854 g/mol. The first-order valence-corrected chi connectivity index (χ1v) is 28.2. The van der Waals surface area contributed by atoms with Crippen LogP contribution in [-0.2, 0) is 20.0 Å². The van der Waals surface area contributed by atoms with Crippen LogP contribution < -0.4 is 0 Å². The van der Waals surface area contributed by atoms with Gasteiger partial charge in [-0.2, -0.15) is 0 Å². The van der Waals surface area contributed by atoms with Gasteiger partial charge in [-0.25, -0.2) is 0 Å². The third-order valence-electron chi connectivity index (χ3n) is 13.0. The molecule has 1 heterocycles. The molecule has 4 aromatic carbocycles. The maximum atomic E-state index is 2.79. The fourth-order valence-electron chi connectivity index (χ4n) is 10.6. The molecular formula is C46H52Cl2Hf. The van der Waals surface area contributed by atoms with Crippen LogP contribution in [0.15, 0.2) is 96.1 Å². The molecule has 254 valence electrons. The minimum atomic E-state index is -3.02. The summed E-state index contributed by atoms with van der Waals surface area (Å²) < 4.78 is 4.63. The molecular weight excluding hydrogens is 802 g/mol. The van der Waals surface area contributed by atoms with E-state index >= 15 is 0 Å². The fraction of sp³-hybridized carbons (Fsp3) is 0.391. The maximum absolute atomic E-state index is 3.02. The SMILES string of the molecule is Cc1ccc(-c2cccc3c2C=C(C2CCCCC2)[CH]3[Hf]2([CH]3C(C4CCCCC4)=Cc4c(-c5ccc(C)cc5)cccc43)[CH2][CH2]2)cc1.Cl.Cl. The zero-order chi connectivity index (χ0) is 31.5. The minimum Gasteiger partial charge on any atom is -0.147 e. The van der Waals surface area contributed by atoms with Gasteiger partial charge in [-0.1, -0.05) is 0 Å². The number of hydrogen-bond donors (Lipinski definition) is 0. The van der Waals surface area contributed by atoms with Gasteiger partial charge >= 0.3 is 289 Å². The van der Waals surface area contributed by atoms with Gasteiger partial charge in [0.1, 0.15) is 0 Å². The van der Waals surface area contributed by atoms with E-state index in [1.54, 1.807) is 30.6 Å². The van der Waals surface area contributed by atoms with Gasteiger partial charge in [0.15, 0.2) is 0 Å². The topological polar surface area (TPSA) is 0 Å². The molecule has 4 aliphatic carbocycles. The second-order valence-corrected chi connectivity index (χ2v) is 32.5. The first-order chi connectivity index (χ1) is 23.1. The molecule has 0 bridgehead atoms. The third-order valence-corrected chi connectivity index (χ3v) is 31.9. The van der Waals surface area contributed by atoms with Gasteiger partial charge in [-0.05, 0) is 0 Å². The molecule has 0 nitrogen and oxygen atoms in total. The van der Waals surface area contributed by atoms with Crippen LogP contribution in [0.3, 0.4) is 0 Å². The van der Waals surface area contributed by atoms with Crippen LogP contribution in [0.25, 0.3) is 34.4 Å². The summed E-state index contributed by atoms with van der Waals surface area (Å²) in [5, 5.41) is 0. The second-order valence-electron chi connectivity index (χ2n) is 15.9. The molecule has 5 aliphatic rings. The van der Waals surface area contributed by atoms with Gasteiger partial charge in [0.2, 0.25) is 0 Å². The Morgan fingerprint density at radius 2 is 0.857 bits per heavy atom. The van der Waals surface area contributed by atoms with Gasteiger partial charge in [-0.15, -0.1) is 24.8 Å². The van der Waals surface area contributed by atoms with E-state index < -0.39 is 20.0 Å². The molecule has 2 unspecified atom stereocenters. The number of rotatable bonds is 6. The van der Waals surface area contributed by atoms with Crippen molar-refractivity contribution in [3.63, 3.8) is 0 Å². The van der Waals surface area contributed by atoms with Gasteiger partial charge in [-0.3, -0.25) is 0 Å². The van der Waals surface area contributed by atoms with E-state index in [0.717, 1.165) is 19.2 Å². The molecule has 49 heavy (non-hydrogen) atoms. The van der Waals surface area contributed by atoms with Gasteiger partial charge < -0.3 is 0 Å². The second kappa shape index (κ2) is 14.4. The van der Waals surface area contributed by atoms with Crippen LogP contribution in [0.5, 0.6) is 0 Å². The molecule has 0 N–H and O–H groups in total. The van der Waals surface area contributed by atoms with Crippen molar-refractivity contribution in [1.29, 1.82) is 0 Å². The van der Waals surface area contributed by atoms with E-state index in [0.29, 0.717) is 0 Å². The van der Waals surface area contributed by atoms with Crippen molar-refractivity contribution in [2.24, 2.45) is 11.8 Å². The summed E-state index contributed by atoms with van der Waals surface area (Å²) in [4.78, 5) is 0. The molecule has 0 radical (unpaired) electrons. The van der Waals surface area contributed by atoms with Gasteiger partial charge in [0, 0.05) is 0 Å². The Balaban J connectivity index is 0.00000189. The van der Waals surface area contributed by atoms with Gasteiger partial charge in [0.05, 0.1) is 0 Å². The van der Waals surface area contributed by atoms with Crippen molar-refractivity contribution in [3.05, 3.63) is 129 Å². The maximum Gasteiger partial charge on any atom is -0.147 e. The van der Waals surface area contributed by atoms with E-state index in [1.807, 2.05) is 11.1 Å². The van der Waals surface area contributed by atoms with Crippen molar-refractivity contribution in [1.82, 2.24) is 0 Å². The van der Waals surface area contributed by atoms with E-state index in [-0.39, 0.29) is 24.8 Å². The van der Waals surface area contributed by atoms with Crippen LogP contribution >= 0.6 is 24.8 Å². The van der Waals surface area contributed by atoms with E-state index in [4.69, 9.17) is 0 Å². The Morgan fingerprint density at radius 1 is 0.469 bits per heavy atom. The van der Waals surface area contributed by atoms with E-state index in [2.05, 4.69) is 111 Å². The molecule has 4 aromatic rings. The molecule has 3 heteroatoms. The van der Waals surface area contributed by atoms with Crippen LogP contribution in [0, 0.1) is 25.7 Å². The molecule has 9 rings (SSSR count). The Bertz CT molecular complexity index is 1730. The quantitative estimate of drug-likeness (QED) is 0.170. The van der Waals surface area contributed by atoms with Crippen LogP contribution in [0.4, 0.5) is 0 Å². The van der Waals surface area contributed by atoms with Crippen molar-refractivity contribution in [2.45, 2.75) is 93.8 Å². The zero-order valence-electron chi connectivity index (χ0n) is 29.3. The zero-order valence-corrected chi connectivity index (χ0v) is 34.6. The molecule has 0 aromatic heterocycles. The van der Waals surface area contributed by atoms with Crippen molar-refractivity contribution < 1.29 is 20.0 Å². The summed E-state index contributed by atoms with van der Waals surface area (Å²) in [6.45, 7) is 4.42. The number of aryl methyl sites for hydroxylation is 2. The van der Waals surface area contributed by atoms with Crippen molar-refractivity contribution >= 4 is 37.0 Å². The van der Waals surface area contributed by atoms with Crippen molar-refractivity contribution in [2.75, 3.05) is 0 Å². The first kappa shape index (κ1) is 35.2. The van der Waals surface area contributed by atoms with E-state index in [9.17, 15) is 0 Å². The predicted octanol–water partition coefficient (Wildman–Crippen LogP) is 14.2. The number of fused-ring (bicyclic) bond motifs is 2. The van der Waals surface area contributed by atoms with E-state index in [1.165, 1.54) is 97.6 Å². The fourth-order valence-corrected chi connectivity index (χ4v) is 38.8. The number of hydrogen-bond acceptors (Lipinski definition) is 0. The number of halogens is 2. The Morgan fingerprint density at radius 3 is 1.22 bits per heavy atom. The normalized spacial score (nSPS) is 22.7. The summed E-state index contributed by atoms with van der Waals surface area (Å²) in [5.41, 5.74) is 18.8. The molecule has 0 amide bonds. The predicted molar refractivity (Wildman–Crippen MR) is 212 cm³/mol. The largest absolute Gasteiger partial charge is 0.147 e. The summed E-state index contributed by atoms with van der Waals surface area (Å²) in [7, 11) is 0. The number of allylic oxidation sites excluding steroid dienone is 2. The molecule has 2 atom stereocenters. The summed E-state index contributed by atoms with van der Waals surface area (Å²) in [6, 6.07) is 33.5. The summed E-state index contributed by atoms with van der Waals surface area (Å²) in [6.07, 6.45) is 19.7. The standard InChI is InChI=1S/2C22H23.C2H4.2ClH.Hf/c2*1-16-10-12-18(13-11-16)21-9-5-8-19-14-20(15-22(19)21)17-6-3-2-4-7-17;1-2;;;/h2*5,8-15,17H,2-4,6-7H2,1H3;1-2H2;2*1H;. The molecule has 1 aliphatic heterocycles. The summed E-state index contributed by atoms with van der Waals surface area (Å²) >= 11 is -3.02. The minimum absolute atomic E-state index is 0. The summed E-state index contributed by atoms with van der Waals surface area (Å²) in [5.74, 6) is 1.57. The van der Waals surface area contributed by atoms with Crippen LogP contribution in [0.1, 0.15) is 105 Å². The molecule has 3 fully saturated rings. The van der Waals surface area contributed by atoms with Gasteiger partial charge in [0.25, 0.3) is 0 Å². The Hall–Kier alpha value is -2.19. The Kier molecular flexibility index (Phi) is 10.4. The number of benzene rings is 4.